The van der Waals surface area contributed by atoms with Crippen LogP contribution in [-0.2, 0) is 0 Å². The van der Waals surface area contributed by atoms with Crippen LogP contribution in [0, 0.1) is 0 Å². The van der Waals surface area contributed by atoms with E-state index < -0.39 is 0 Å². The van der Waals surface area contributed by atoms with Gasteiger partial charge < -0.3 is 4.42 Å². The quantitative estimate of drug-likeness (QED) is 0.295. The minimum absolute atomic E-state index is 0.944. The predicted octanol–water partition coefficient (Wildman–Crippen LogP) is 7.90. The number of hydrogen-bond acceptors (Lipinski definition) is 2. The van der Waals surface area contributed by atoms with E-state index >= 15 is 0 Å². The van der Waals surface area contributed by atoms with Crippen molar-refractivity contribution < 1.29 is 4.42 Å². The third-order valence-corrected chi connectivity index (χ3v) is 6.52. The molecule has 0 atom stereocenters. The fraction of sp³-hybridized carbons (Fsp3) is 0.0400. The Morgan fingerprint density at radius 2 is 1.48 bits per heavy atom. The largest absolute Gasteiger partial charge is 0.455 e. The number of allylic oxidation sites excluding steroid dienone is 2. The highest BCUT2D eigenvalue weighted by Crippen LogP contribution is 2.43. The maximum Gasteiger partial charge on any atom is 0.143 e. The van der Waals surface area contributed by atoms with Gasteiger partial charge in [0.1, 0.15) is 11.2 Å². The second-order valence-corrected chi connectivity index (χ2v) is 7.94. The first kappa shape index (κ1) is 15.0. The molecule has 128 valence electrons. The first-order valence-electron chi connectivity index (χ1n) is 9.19. The summed E-state index contributed by atoms with van der Waals surface area (Å²) in [5.74, 6) is 0. The summed E-state index contributed by atoms with van der Waals surface area (Å²) in [6, 6.07) is 21.3. The van der Waals surface area contributed by atoms with Gasteiger partial charge in [-0.1, -0.05) is 72.8 Å². The second-order valence-electron chi connectivity index (χ2n) is 6.88. The monoisotopic (exact) mass is 364 g/mol. The molecule has 0 radical (unpaired) electrons. The van der Waals surface area contributed by atoms with Gasteiger partial charge in [0.15, 0.2) is 0 Å². The van der Waals surface area contributed by atoms with Crippen LogP contribution in [0.5, 0.6) is 0 Å². The summed E-state index contributed by atoms with van der Waals surface area (Å²) in [5.41, 5.74) is 5.67. The van der Waals surface area contributed by atoms with Crippen molar-refractivity contribution in [1.29, 1.82) is 0 Å². The van der Waals surface area contributed by atoms with Gasteiger partial charge in [0.2, 0.25) is 0 Å². The highest BCUT2D eigenvalue weighted by Gasteiger charge is 2.17. The third kappa shape index (κ3) is 2.17. The van der Waals surface area contributed by atoms with E-state index in [4.69, 9.17) is 4.42 Å². The van der Waals surface area contributed by atoms with Crippen molar-refractivity contribution in [2.45, 2.75) is 6.42 Å². The van der Waals surface area contributed by atoms with Crippen LogP contribution < -0.4 is 0 Å². The molecular weight excluding hydrogens is 348 g/mol. The average Bonchev–Trinajstić information content (AvgIpc) is 3.17. The Hall–Kier alpha value is -3.10. The molecule has 2 heteroatoms. The number of fused-ring (bicyclic) bond motifs is 6. The second kappa shape index (κ2) is 5.70. The summed E-state index contributed by atoms with van der Waals surface area (Å²) in [7, 11) is 0. The molecule has 0 N–H and O–H groups in total. The number of rotatable bonds is 1. The lowest BCUT2D eigenvalue weighted by Gasteiger charge is -2.05. The standard InChI is InChI=1S/C25H16OS/c1-2-9-17-20-12-7-13-21(25(20)27-23(17)15-3-1)19-11-6-10-18-16-8-4-5-14-22(16)26-24(18)19/h2-15H,1H2. The van der Waals surface area contributed by atoms with E-state index in [-0.39, 0.29) is 0 Å². The fourth-order valence-corrected chi connectivity index (χ4v) is 5.31. The van der Waals surface area contributed by atoms with Gasteiger partial charge in [-0.3, -0.25) is 0 Å². The topological polar surface area (TPSA) is 13.1 Å². The lowest BCUT2D eigenvalue weighted by molar-refractivity contribution is 0.670. The van der Waals surface area contributed by atoms with Crippen molar-refractivity contribution >= 4 is 55.5 Å². The molecular formula is C25H16OS. The van der Waals surface area contributed by atoms with Gasteiger partial charge in [0.25, 0.3) is 0 Å². The van der Waals surface area contributed by atoms with Crippen LogP contribution in [0.1, 0.15) is 16.9 Å². The van der Waals surface area contributed by atoms with Crippen LogP contribution >= 0.6 is 11.3 Å². The van der Waals surface area contributed by atoms with Crippen LogP contribution in [0.15, 0.2) is 77.2 Å². The van der Waals surface area contributed by atoms with Crippen molar-refractivity contribution in [3.8, 4) is 11.1 Å². The van der Waals surface area contributed by atoms with E-state index in [0.717, 1.165) is 17.6 Å². The van der Waals surface area contributed by atoms with Gasteiger partial charge >= 0.3 is 0 Å². The zero-order valence-electron chi connectivity index (χ0n) is 14.6. The molecule has 0 spiro atoms. The molecule has 0 aliphatic heterocycles. The van der Waals surface area contributed by atoms with Crippen molar-refractivity contribution in [2.75, 3.05) is 0 Å². The number of para-hydroxylation sites is 2. The van der Waals surface area contributed by atoms with Crippen LogP contribution in [-0.4, -0.2) is 0 Å². The Labute approximate surface area is 160 Å². The molecule has 0 saturated carbocycles. The number of furan rings is 1. The van der Waals surface area contributed by atoms with Crippen molar-refractivity contribution in [1.82, 2.24) is 0 Å². The maximum absolute atomic E-state index is 6.29. The van der Waals surface area contributed by atoms with Crippen LogP contribution in [0.25, 0.3) is 55.3 Å². The van der Waals surface area contributed by atoms with E-state index in [1.54, 1.807) is 0 Å². The summed E-state index contributed by atoms with van der Waals surface area (Å²) in [6.07, 6.45) is 9.99. The number of hydrogen-bond donors (Lipinski definition) is 0. The Bertz CT molecular complexity index is 1390. The SMILES string of the molecule is C1=Cc2sc3c(-c4cccc5c4oc4ccccc45)cccc3c2C=CC1. The molecule has 0 amide bonds. The van der Waals surface area contributed by atoms with Gasteiger partial charge in [-0.05, 0) is 18.6 Å². The predicted molar refractivity (Wildman–Crippen MR) is 117 cm³/mol. The molecule has 0 bridgehead atoms. The minimum Gasteiger partial charge on any atom is -0.455 e. The number of benzene rings is 3. The first-order valence-corrected chi connectivity index (χ1v) is 10.0. The summed E-state index contributed by atoms with van der Waals surface area (Å²) in [4.78, 5) is 1.34. The zero-order chi connectivity index (χ0) is 17.8. The van der Waals surface area contributed by atoms with Gasteiger partial charge in [-0.25, -0.2) is 0 Å². The molecule has 27 heavy (non-hydrogen) atoms. The maximum atomic E-state index is 6.29. The van der Waals surface area contributed by atoms with Crippen LogP contribution in [0.3, 0.4) is 0 Å². The third-order valence-electron chi connectivity index (χ3n) is 5.30. The zero-order valence-corrected chi connectivity index (χ0v) is 15.4. The smallest absolute Gasteiger partial charge is 0.143 e. The summed E-state index contributed by atoms with van der Waals surface area (Å²) in [6.45, 7) is 0. The average molecular weight is 364 g/mol. The Morgan fingerprint density at radius 1 is 0.704 bits per heavy atom. The van der Waals surface area contributed by atoms with Crippen molar-refractivity contribution in [2.24, 2.45) is 0 Å². The van der Waals surface area contributed by atoms with E-state index in [1.807, 2.05) is 23.5 Å². The lowest BCUT2D eigenvalue weighted by Crippen LogP contribution is -1.80. The highest BCUT2D eigenvalue weighted by atomic mass is 32.1. The molecule has 2 aromatic heterocycles. The van der Waals surface area contributed by atoms with Crippen LogP contribution in [0.2, 0.25) is 0 Å². The van der Waals surface area contributed by atoms with E-state index in [0.29, 0.717) is 0 Å². The Kier molecular flexibility index (Phi) is 3.17. The molecule has 0 unspecified atom stereocenters. The van der Waals surface area contributed by atoms with E-state index in [2.05, 4.69) is 72.8 Å². The normalized spacial score (nSPS) is 13.5. The molecule has 1 aliphatic rings. The fourth-order valence-electron chi connectivity index (χ4n) is 4.06. The van der Waals surface area contributed by atoms with Gasteiger partial charge in [0, 0.05) is 42.4 Å². The molecule has 1 aliphatic carbocycles. The first-order chi connectivity index (χ1) is 13.4. The minimum atomic E-state index is 0.944. The number of thiophene rings is 1. The van der Waals surface area contributed by atoms with Crippen molar-refractivity contribution in [3.05, 3.63) is 83.3 Å². The van der Waals surface area contributed by atoms with Gasteiger partial charge in [0.05, 0.1) is 0 Å². The summed E-state index contributed by atoms with van der Waals surface area (Å²) >= 11 is 1.87. The van der Waals surface area contributed by atoms with Crippen LogP contribution in [0.4, 0.5) is 0 Å². The van der Waals surface area contributed by atoms with Gasteiger partial charge in [-0.15, -0.1) is 11.3 Å². The van der Waals surface area contributed by atoms with E-state index in [9.17, 15) is 0 Å². The summed E-state index contributed by atoms with van der Waals surface area (Å²) in [5, 5.41) is 3.68. The molecule has 2 heterocycles. The molecule has 0 fully saturated rings. The molecule has 0 saturated heterocycles. The molecule has 1 nitrogen and oxygen atoms in total. The Morgan fingerprint density at radius 3 is 2.44 bits per heavy atom. The highest BCUT2D eigenvalue weighted by molar-refractivity contribution is 7.20. The lowest BCUT2D eigenvalue weighted by atomic mass is 9.99. The molecule has 5 aromatic rings. The summed E-state index contributed by atoms with van der Waals surface area (Å²) < 4.78 is 7.61. The van der Waals surface area contributed by atoms with Crippen molar-refractivity contribution in [3.63, 3.8) is 0 Å². The Balaban J connectivity index is 1.70. The van der Waals surface area contributed by atoms with Gasteiger partial charge in [-0.2, -0.15) is 0 Å². The molecule has 3 aromatic carbocycles. The molecule has 6 rings (SSSR count). The van der Waals surface area contributed by atoms with E-state index in [1.165, 1.54) is 42.4 Å².